The van der Waals surface area contributed by atoms with E-state index in [0.717, 1.165) is 19.1 Å². The van der Waals surface area contributed by atoms with E-state index in [0.29, 0.717) is 50.0 Å². The lowest BCUT2D eigenvalue weighted by Gasteiger charge is -2.20. The fourth-order valence-electron chi connectivity index (χ4n) is 2.52. The van der Waals surface area contributed by atoms with Crippen LogP contribution in [0.3, 0.4) is 0 Å². The summed E-state index contributed by atoms with van der Waals surface area (Å²) in [6.07, 6.45) is 2.37. The molecule has 1 aliphatic heterocycles. The number of nitrogens with one attached hydrogen (secondary N) is 2. The van der Waals surface area contributed by atoms with Crippen LogP contribution >= 0.6 is 15.9 Å². The number of nitrogens with zero attached hydrogens (tertiary/aromatic N) is 2. The number of amides is 1. The Morgan fingerprint density at radius 1 is 1.46 bits per heavy atom. The summed E-state index contributed by atoms with van der Waals surface area (Å²) in [6, 6.07) is 2.82. The van der Waals surface area contributed by atoms with Gasteiger partial charge in [-0.3, -0.25) is 15.2 Å². The first-order valence-corrected chi connectivity index (χ1v) is 12.8. The van der Waals surface area contributed by atoms with E-state index in [1.807, 2.05) is 0 Å². The van der Waals surface area contributed by atoms with Crippen molar-refractivity contribution in [3.05, 3.63) is 23.5 Å². The number of anilines is 1. The van der Waals surface area contributed by atoms with Crippen molar-refractivity contribution in [1.82, 2.24) is 9.88 Å². The average molecular weight is 443 g/mol. The molecular formula is C17H27BrN4O3Si. The molecule has 2 heterocycles. The molecule has 0 saturated carbocycles. The molecule has 144 valence electrons. The fraction of sp³-hybridized carbons (Fsp3) is 0.588. The number of pyridine rings is 1. The quantitative estimate of drug-likeness (QED) is 0.279. The number of rotatable bonds is 8. The van der Waals surface area contributed by atoms with Gasteiger partial charge in [-0.15, -0.1) is 0 Å². The molecule has 1 fully saturated rings. The topological polar surface area (TPSA) is 87.5 Å². The van der Waals surface area contributed by atoms with Gasteiger partial charge in [-0.25, -0.2) is 0 Å². The molecule has 26 heavy (non-hydrogen) atoms. The number of ether oxygens (including phenoxy) is 2. The third-order valence-corrected chi connectivity index (χ3v) is 5.89. The Balaban J connectivity index is 2.06. The third kappa shape index (κ3) is 6.46. The summed E-state index contributed by atoms with van der Waals surface area (Å²) >= 11 is 3.18. The molecule has 7 nitrogen and oxygen atoms in total. The molecule has 2 rings (SSSR count). The maximum absolute atomic E-state index is 12.7. The van der Waals surface area contributed by atoms with E-state index < -0.39 is 8.80 Å². The first-order chi connectivity index (χ1) is 12.5. The summed E-state index contributed by atoms with van der Waals surface area (Å²) in [5.41, 5.74) is 1.63. The highest BCUT2D eigenvalue weighted by Gasteiger charge is 2.20. The van der Waals surface area contributed by atoms with E-state index in [4.69, 9.17) is 14.9 Å². The summed E-state index contributed by atoms with van der Waals surface area (Å²) in [4.78, 5) is 18.7. The molecule has 2 N–H and O–H groups in total. The molecule has 1 saturated heterocycles. The lowest BCUT2D eigenvalue weighted by atomic mass is 10.2. The largest absolute Gasteiger partial charge is 0.380 e. The summed E-state index contributed by atoms with van der Waals surface area (Å²) in [5.74, 6) is -0.113. The van der Waals surface area contributed by atoms with Gasteiger partial charge >= 0.3 is 0 Å². The predicted molar refractivity (Wildman–Crippen MR) is 109 cm³/mol. The highest BCUT2D eigenvalue weighted by atomic mass is 79.9. The molecular weight excluding hydrogens is 416 g/mol. The number of halogens is 1. The minimum atomic E-state index is -0.620. The number of aromatic nitrogens is 1. The second-order valence-electron chi connectivity index (χ2n) is 6.60. The van der Waals surface area contributed by atoms with Crippen molar-refractivity contribution in [2.75, 3.05) is 45.0 Å². The Morgan fingerprint density at radius 2 is 2.27 bits per heavy atom. The SMILES string of the molecule is C[SiH](C)CCOCNc1cc(C(=O)N2CCCOCC2)ncc1C(=N)Br. The number of hydrogen-bond acceptors (Lipinski definition) is 6. The Morgan fingerprint density at radius 3 is 3.00 bits per heavy atom. The lowest BCUT2D eigenvalue weighted by molar-refractivity contribution is 0.0735. The van der Waals surface area contributed by atoms with E-state index in [9.17, 15) is 4.79 Å². The van der Waals surface area contributed by atoms with Gasteiger partial charge in [0.1, 0.15) is 17.0 Å². The van der Waals surface area contributed by atoms with Crippen molar-refractivity contribution in [2.45, 2.75) is 25.6 Å². The van der Waals surface area contributed by atoms with E-state index in [2.05, 4.69) is 39.3 Å². The van der Waals surface area contributed by atoms with Crippen LogP contribution in [0.5, 0.6) is 0 Å². The van der Waals surface area contributed by atoms with Crippen LogP contribution in [0, 0.1) is 5.41 Å². The van der Waals surface area contributed by atoms with Crippen molar-refractivity contribution < 1.29 is 14.3 Å². The van der Waals surface area contributed by atoms with Crippen molar-refractivity contribution in [3.8, 4) is 0 Å². The molecule has 0 aliphatic carbocycles. The Labute approximate surface area is 164 Å². The van der Waals surface area contributed by atoms with Crippen LogP contribution in [0.1, 0.15) is 22.5 Å². The van der Waals surface area contributed by atoms with E-state index in [1.54, 1.807) is 17.2 Å². The zero-order valence-corrected chi connectivity index (χ0v) is 18.1. The predicted octanol–water partition coefficient (Wildman–Crippen LogP) is 2.54. The van der Waals surface area contributed by atoms with Gasteiger partial charge in [-0.2, -0.15) is 0 Å². The van der Waals surface area contributed by atoms with Crippen molar-refractivity contribution in [1.29, 1.82) is 5.41 Å². The van der Waals surface area contributed by atoms with Crippen LogP contribution in [-0.4, -0.2) is 68.8 Å². The van der Waals surface area contributed by atoms with Crippen LogP contribution in [-0.2, 0) is 9.47 Å². The van der Waals surface area contributed by atoms with Gasteiger partial charge < -0.3 is 19.7 Å². The fourth-order valence-corrected chi connectivity index (χ4v) is 3.48. The Kier molecular flexibility index (Phi) is 8.69. The van der Waals surface area contributed by atoms with Crippen molar-refractivity contribution in [2.24, 2.45) is 0 Å². The van der Waals surface area contributed by atoms with Crippen LogP contribution < -0.4 is 5.32 Å². The summed E-state index contributed by atoms with van der Waals surface area (Å²) in [5, 5.41) is 11.0. The summed E-state index contributed by atoms with van der Waals surface area (Å²) < 4.78 is 11.2. The van der Waals surface area contributed by atoms with Gasteiger partial charge in [-0.1, -0.05) is 13.1 Å². The monoisotopic (exact) mass is 442 g/mol. The molecule has 0 spiro atoms. The van der Waals surface area contributed by atoms with Gasteiger partial charge in [0.2, 0.25) is 0 Å². The van der Waals surface area contributed by atoms with E-state index in [-0.39, 0.29) is 10.5 Å². The molecule has 1 aliphatic rings. The summed E-state index contributed by atoms with van der Waals surface area (Å²) in [6.45, 7) is 8.11. The molecule has 1 aromatic rings. The molecule has 0 aromatic carbocycles. The second-order valence-corrected chi connectivity index (χ2v) is 10.8. The smallest absolute Gasteiger partial charge is 0.272 e. The Hall–Kier alpha value is -1.29. The normalized spacial score (nSPS) is 15.0. The van der Waals surface area contributed by atoms with Crippen LogP contribution in [0.15, 0.2) is 12.3 Å². The maximum atomic E-state index is 12.7. The number of hydrogen-bond donors (Lipinski definition) is 2. The van der Waals surface area contributed by atoms with E-state index >= 15 is 0 Å². The van der Waals surface area contributed by atoms with E-state index in [1.165, 1.54) is 0 Å². The average Bonchev–Trinajstić information content (AvgIpc) is 2.89. The third-order valence-electron chi connectivity index (χ3n) is 4.07. The summed E-state index contributed by atoms with van der Waals surface area (Å²) in [7, 11) is -0.620. The first-order valence-electron chi connectivity index (χ1n) is 8.92. The van der Waals surface area contributed by atoms with Gasteiger partial charge in [0.05, 0.1) is 6.61 Å². The van der Waals surface area contributed by atoms with Gasteiger partial charge in [-0.05, 0) is 34.5 Å². The molecule has 0 atom stereocenters. The second kappa shape index (κ2) is 10.8. The standard InChI is InChI=1S/C17H27BrN4O3Si/c1-26(2)9-8-25-12-21-14-10-15(20-11-13(14)16(18)19)17(23)22-4-3-6-24-7-5-22/h10-11,19,26H,3-9,12H2,1-2H3,(H,20,21). The minimum absolute atomic E-state index is 0.113. The molecule has 0 radical (unpaired) electrons. The zero-order valence-electron chi connectivity index (χ0n) is 15.4. The molecule has 0 bridgehead atoms. The number of carbonyl (C=O) groups excluding carboxylic acids is 1. The lowest BCUT2D eigenvalue weighted by Crippen LogP contribution is -2.33. The molecule has 9 heteroatoms. The number of carbonyl (C=O) groups is 1. The zero-order chi connectivity index (χ0) is 18.9. The van der Waals surface area contributed by atoms with Crippen LogP contribution in [0.25, 0.3) is 0 Å². The highest BCUT2D eigenvalue weighted by Crippen LogP contribution is 2.20. The van der Waals surface area contributed by atoms with Crippen molar-refractivity contribution >= 4 is 40.9 Å². The van der Waals surface area contributed by atoms with Gasteiger partial charge in [0.15, 0.2) is 0 Å². The highest BCUT2D eigenvalue weighted by molar-refractivity contribution is 9.18. The first kappa shape index (κ1) is 21.0. The maximum Gasteiger partial charge on any atom is 0.272 e. The van der Waals surface area contributed by atoms with Gasteiger partial charge in [0.25, 0.3) is 5.91 Å². The molecule has 1 amide bonds. The van der Waals surface area contributed by atoms with Crippen molar-refractivity contribution in [3.63, 3.8) is 0 Å². The minimum Gasteiger partial charge on any atom is -0.380 e. The Bertz CT molecular complexity index is 622. The molecule has 1 aromatic heterocycles. The van der Waals surface area contributed by atoms with Crippen LogP contribution in [0.4, 0.5) is 5.69 Å². The van der Waals surface area contributed by atoms with Gasteiger partial charge in [0, 0.05) is 52.5 Å². The van der Waals surface area contributed by atoms with Crippen LogP contribution in [0.2, 0.25) is 19.1 Å². The molecule has 0 unspecified atom stereocenters.